The zero-order valence-corrected chi connectivity index (χ0v) is 12.6. The monoisotopic (exact) mass is 273 g/mol. The molecule has 1 aromatic carbocycles. The summed E-state index contributed by atoms with van der Waals surface area (Å²) in [5, 5.41) is 6.02. The Morgan fingerprint density at radius 3 is 2.30 bits per heavy atom. The van der Waals surface area contributed by atoms with Gasteiger partial charge in [-0.3, -0.25) is 4.79 Å². The van der Waals surface area contributed by atoms with E-state index in [1.54, 1.807) is 5.01 Å². The van der Waals surface area contributed by atoms with Gasteiger partial charge in [0.15, 0.2) is 0 Å². The lowest BCUT2D eigenvalue weighted by Gasteiger charge is -2.23. The van der Waals surface area contributed by atoms with Gasteiger partial charge >= 0.3 is 0 Å². The van der Waals surface area contributed by atoms with Crippen LogP contribution >= 0.6 is 0 Å². The molecule has 0 fully saturated rings. The van der Waals surface area contributed by atoms with Gasteiger partial charge < -0.3 is 4.90 Å². The number of hydrazone groups is 1. The van der Waals surface area contributed by atoms with Gasteiger partial charge in [-0.25, -0.2) is 5.01 Å². The fourth-order valence-electron chi connectivity index (χ4n) is 2.51. The molecule has 0 saturated heterocycles. The van der Waals surface area contributed by atoms with E-state index in [2.05, 4.69) is 48.1 Å². The molecule has 0 radical (unpaired) electrons. The van der Waals surface area contributed by atoms with Crippen molar-refractivity contribution in [3.8, 4) is 0 Å². The van der Waals surface area contributed by atoms with Crippen molar-refractivity contribution in [2.45, 2.75) is 33.6 Å². The number of hydrogen-bond acceptors (Lipinski definition) is 3. The zero-order valence-electron chi connectivity index (χ0n) is 12.6. The molecule has 4 heteroatoms. The van der Waals surface area contributed by atoms with Crippen molar-refractivity contribution in [1.29, 1.82) is 0 Å². The van der Waals surface area contributed by atoms with Gasteiger partial charge in [-0.2, -0.15) is 5.10 Å². The first-order valence-corrected chi connectivity index (χ1v) is 7.42. The van der Waals surface area contributed by atoms with E-state index in [1.165, 1.54) is 5.69 Å². The van der Waals surface area contributed by atoms with E-state index < -0.39 is 0 Å². The average molecular weight is 273 g/mol. The Hall–Kier alpha value is -1.84. The third kappa shape index (κ3) is 3.00. The minimum atomic E-state index is 0.121. The molecular formula is C16H23N3O. The number of carbonyl (C=O) groups is 1. The molecule has 0 N–H and O–H groups in total. The molecule has 1 amide bonds. The molecule has 0 spiro atoms. The number of anilines is 1. The molecule has 1 aromatic rings. The number of hydrogen-bond donors (Lipinski definition) is 0. The number of amides is 1. The highest BCUT2D eigenvalue weighted by molar-refractivity contribution is 6.04. The maximum atomic E-state index is 11.6. The van der Waals surface area contributed by atoms with Gasteiger partial charge in [-0.05, 0) is 38.5 Å². The van der Waals surface area contributed by atoms with Crippen LogP contribution < -0.4 is 4.90 Å². The Balaban J connectivity index is 2.20. The normalized spacial score (nSPS) is 15.2. The molecule has 0 aliphatic carbocycles. The van der Waals surface area contributed by atoms with Crippen LogP contribution in [0, 0.1) is 0 Å². The summed E-state index contributed by atoms with van der Waals surface area (Å²) in [5.41, 5.74) is 3.36. The Morgan fingerprint density at radius 2 is 1.75 bits per heavy atom. The SMILES string of the molecule is CCN1N=C(c2ccc(N(CC)CC)cc2)CCC1=O. The molecule has 1 aliphatic rings. The van der Waals surface area contributed by atoms with Crippen molar-refractivity contribution in [3.05, 3.63) is 29.8 Å². The molecule has 4 nitrogen and oxygen atoms in total. The van der Waals surface area contributed by atoms with E-state index in [0.29, 0.717) is 13.0 Å². The second-order valence-corrected chi connectivity index (χ2v) is 4.88. The van der Waals surface area contributed by atoms with Crippen molar-refractivity contribution >= 4 is 17.3 Å². The minimum absolute atomic E-state index is 0.121. The van der Waals surface area contributed by atoms with Gasteiger partial charge in [0.2, 0.25) is 5.91 Å². The number of rotatable bonds is 5. The first-order valence-electron chi connectivity index (χ1n) is 7.42. The van der Waals surface area contributed by atoms with Crippen LogP contribution in [0.3, 0.4) is 0 Å². The summed E-state index contributed by atoms with van der Waals surface area (Å²) in [4.78, 5) is 13.9. The van der Waals surface area contributed by atoms with Gasteiger partial charge in [-0.1, -0.05) is 12.1 Å². The lowest BCUT2D eigenvalue weighted by Crippen LogP contribution is -2.31. The Labute approximate surface area is 121 Å². The second-order valence-electron chi connectivity index (χ2n) is 4.88. The van der Waals surface area contributed by atoms with E-state index in [4.69, 9.17) is 0 Å². The van der Waals surface area contributed by atoms with E-state index in [-0.39, 0.29) is 5.91 Å². The van der Waals surface area contributed by atoms with E-state index in [1.807, 2.05) is 6.92 Å². The van der Waals surface area contributed by atoms with Gasteiger partial charge in [0.25, 0.3) is 0 Å². The molecule has 0 bridgehead atoms. The maximum absolute atomic E-state index is 11.6. The fraction of sp³-hybridized carbons (Fsp3) is 0.500. The molecule has 0 unspecified atom stereocenters. The smallest absolute Gasteiger partial charge is 0.243 e. The largest absolute Gasteiger partial charge is 0.372 e. The summed E-state index contributed by atoms with van der Waals surface area (Å²) >= 11 is 0. The van der Waals surface area contributed by atoms with Crippen molar-refractivity contribution < 1.29 is 4.79 Å². The lowest BCUT2D eigenvalue weighted by molar-refractivity contribution is -0.131. The van der Waals surface area contributed by atoms with Crippen molar-refractivity contribution in [2.75, 3.05) is 24.5 Å². The molecule has 1 heterocycles. The van der Waals surface area contributed by atoms with Crippen molar-refractivity contribution in [2.24, 2.45) is 5.10 Å². The van der Waals surface area contributed by atoms with Crippen LogP contribution in [0.2, 0.25) is 0 Å². The van der Waals surface area contributed by atoms with E-state index in [0.717, 1.165) is 30.8 Å². The quantitative estimate of drug-likeness (QED) is 0.827. The average Bonchev–Trinajstić information content (AvgIpc) is 2.50. The summed E-state index contributed by atoms with van der Waals surface area (Å²) in [6.45, 7) is 8.93. The highest BCUT2D eigenvalue weighted by atomic mass is 16.2. The summed E-state index contributed by atoms with van der Waals surface area (Å²) in [6, 6.07) is 8.49. The Kier molecular flexibility index (Phi) is 4.77. The van der Waals surface area contributed by atoms with Gasteiger partial charge in [0.1, 0.15) is 0 Å². The Bertz CT molecular complexity index is 489. The molecule has 0 aromatic heterocycles. The standard InChI is InChI=1S/C16H23N3O/c1-4-18(5-2)14-9-7-13(8-10-14)15-11-12-16(20)19(6-3)17-15/h7-10H,4-6,11-12H2,1-3H3. The maximum Gasteiger partial charge on any atom is 0.243 e. The molecule has 108 valence electrons. The van der Waals surface area contributed by atoms with Crippen LogP contribution in [0.5, 0.6) is 0 Å². The van der Waals surface area contributed by atoms with Gasteiger partial charge in [0.05, 0.1) is 5.71 Å². The first kappa shape index (κ1) is 14.6. The summed E-state index contributed by atoms with van der Waals surface area (Å²) in [7, 11) is 0. The number of nitrogens with zero attached hydrogens (tertiary/aromatic N) is 3. The molecule has 0 atom stereocenters. The topological polar surface area (TPSA) is 35.9 Å². The third-order valence-electron chi connectivity index (χ3n) is 3.73. The van der Waals surface area contributed by atoms with Crippen molar-refractivity contribution in [3.63, 3.8) is 0 Å². The third-order valence-corrected chi connectivity index (χ3v) is 3.73. The molecule has 2 rings (SSSR count). The van der Waals surface area contributed by atoms with Crippen LogP contribution in [-0.4, -0.2) is 36.3 Å². The molecule has 1 aliphatic heterocycles. The van der Waals surface area contributed by atoms with Crippen LogP contribution in [0.15, 0.2) is 29.4 Å². The van der Waals surface area contributed by atoms with Crippen LogP contribution in [-0.2, 0) is 4.79 Å². The fourth-order valence-corrected chi connectivity index (χ4v) is 2.51. The first-order chi connectivity index (χ1) is 9.69. The number of benzene rings is 1. The molecular weight excluding hydrogens is 250 g/mol. The van der Waals surface area contributed by atoms with Crippen LogP contribution in [0.1, 0.15) is 39.2 Å². The summed E-state index contributed by atoms with van der Waals surface area (Å²) < 4.78 is 0. The van der Waals surface area contributed by atoms with Gasteiger partial charge in [-0.15, -0.1) is 0 Å². The zero-order chi connectivity index (χ0) is 14.5. The highest BCUT2D eigenvalue weighted by Gasteiger charge is 2.19. The van der Waals surface area contributed by atoms with Gasteiger partial charge in [0, 0.05) is 38.2 Å². The predicted molar refractivity (Wildman–Crippen MR) is 83.2 cm³/mol. The number of carbonyl (C=O) groups excluding carboxylic acids is 1. The van der Waals surface area contributed by atoms with E-state index >= 15 is 0 Å². The molecule has 0 saturated carbocycles. The lowest BCUT2D eigenvalue weighted by atomic mass is 10.0. The van der Waals surface area contributed by atoms with Crippen LogP contribution in [0.25, 0.3) is 0 Å². The molecule has 20 heavy (non-hydrogen) atoms. The second kappa shape index (κ2) is 6.55. The predicted octanol–water partition coefficient (Wildman–Crippen LogP) is 2.88. The van der Waals surface area contributed by atoms with Crippen molar-refractivity contribution in [1.82, 2.24) is 5.01 Å². The highest BCUT2D eigenvalue weighted by Crippen LogP contribution is 2.19. The Morgan fingerprint density at radius 1 is 1.10 bits per heavy atom. The summed E-state index contributed by atoms with van der Waals surface area (Å²) in [6.07, 6.45) is 1.30. The van der Waals surface area contributed by atoms with E-state index in [9.17, 15) is 4.79 Å². The minimum Gasteiger partial charge on any atom is -0.372 e. The van der Waals surface area contributed by atoms with Crippen LogP contribution in [0.4, 0.5) is 5.69 Å². The summed E-state index contributed by atoms with van der Waals surface area (Å²) in [5.74, 6) is 0.121.